The third kappa shape index (κ3) is 2.80. The van der Waals surface area contributed by atoms with Crippen molar-refractivity contribution in [1.29, 1.82) is 0 Å². The van der Waals surface area contributed by atoms with E-state index in [0.29, 0.717) is 5.41 Å². The Bertz CT molecular complexity index is 599. The highest BCUT2D eigenvalue weighted by molar-refractivity contribution is 5.86. The third-order valence-electron chi connectivity index (χ3n) is 4.56. The van der Waals surface area contributed by atoms with Crippen molar-refractivity contribution in [3.63, 3.8) is 0 Å². The molecule has 3 N–H and O–H groups in total. The van der Waals surface area contributed by atoms with Crippen LogP contribution in [0.15, 0.2) is 36.4 Å². The smallest absolute Gasteiger partial charge is 0.0366 e. The van der Waals surface area contributed by atoms with Crippen LogP contribution in [0, 0.1) is 5.41 Å². The fourth-order valence-corrected chi connectivity index (χ4v) is 3.14. The van der Waals surface area contributed by atoms with Crippen molar-refractivity contribution in [2.75, 3.05) is 12.3 Å². The predicted octanol–water partition coefficient (Wildman–Crippen LogP) is 4.09. The van der Waals surface area contributed by atoms with Gasteiger partial charge in [0.25, 0.3) is 0 Å². The highest BCUT2D eigenvalue weighted by atomic mass is 14.9. The Morgan fingerprint density at radius 1 is 1.15 bits per heavy atom. The molecule has 0 bridgehead atoms. The second-order valence-electron chi connectivity index (χ2n) is 6.25. The van der Waals surface area contributed by atoms with Crippen LogP contribution in [-0.4, -0.2) is 6.54 Å². The van der Waals surface area contributed by atoms with E-state index in [9.17, 15) is 0 Å². The van der Waals surface area contributed by atoms with Gasteiger partial charge in [0.15, 0.2) is 0 Å². The molecule has 1 saturated carbocycles. The third-order valence-corrected chi connectivity index (χ3v) is 4.56. The fourth-order valence-electron chi connectivity index (χ4n) is 3.14. The Morgan fingerprint density at radius 3 is 2.50 bits per heavy atom. The SMILES string of the molecule is CCCC1(CNCc2cc3ccccc3cc2N)CC1. The Balaban J connectivity index is 1.67. The molecule has 106 valence electrons. The summed E-state index contributed by atoms with van der Waals surface area (Å²) in [5, 5.41) is 6.11. The van der Waals surface area contributed by atoms with Gasteiger partial charge in [-0.15, -0.1) is 0 Å². The number of benzene rings is 2. The summed E-state index contributed by atoms with van der Waals surface area (Å²) in [6, 6.07) is 12.7. The Hall–Kier alpha value is -1.54. The van der Waals surface area contributed by atoms with E-state index in [1.54, 1.807) is 0 Å². The minimum Gasteiger partial charge on any atom is -0.398 e. The van der Waals surface area contributed by atoms with E-state index in [0.717, 1.165) is 18.8 Å². The van der Waals surface area contributed by atoms with Gasteiger partial charge < -0.3 is 11.1 Å². The molecule has 0 saturated heterocycles. The molecule has 3 rings (SSSR count). The quantitative estimate of drug-likeness (QED) is 0.774. The number of nitrogen functional groups attached to an aromatic ring is 1. The lowest BCUT2D eigenvalue weighted by molar-refractivity contribution is 0.421. The zero-order chi connectivity index (χ0) is 14.0. The van der Waals surface area contributed by atoms with Gasteiger partial charge in [0.05, 0.1) is 0 Å². The molecule has 1 aliphatic rings. The fraction of sp³-hybridized carbons (Fsp3) is 0.444. The van der Waals surface area contributed by atoms with Crippen LogP contribution in [0.4, 0.5) is 5.69 Å². The van der Waals surface area contributed by atoms with Crippen molar-refractivity contribution in [2.45, 2.75) is 39.2 Å². The van der Waals surface area contributed by atoms with Crippen molar-refractivity contribution in [1.82, 2.24) is 5.32 Å². The molecular weight excluding hydrogens is 244 g/mol. The second kappa shape index (κ2) is 5.45. The summed E-state index contributed by atoms with van der Waals surface area (Å²) in [5.74, 6) is 0. The largest absolute Gasteiger partial charge is 0.398 e. The summed E-state index contributed by atoms with van der Waals surface area (Å²) in [6.45, 7) is 4.29. The maximum atomic E-state index is 6.17. The summed E-state index contributed by atoms with van der Waals surface area (Å²) < 4.78 is 0. The average molecular weight is 268 g/mol. The van der Waals surface area contributed by atoms with Gasteiger partial charge in [-0.3, -0.25) is 0 Å². The molecule has 0 aromatic heterocycles. The molecule has 0 spiro atoms. The number of hydrogen-bond acceptors (Lipinski definition) is 2. The first-order chi connectivity index (χ1) is 9.72. The first-order valence-corrected chi connectivity index (χ1v) is 7.70. The zero-order valence-electron chi connectivity index (χ0n) is 12.3. The van der Waals surface area contributed by atoms with Gasteiger partial charge in [-0.1, -0.05) is 37.6 Å². The molecule has 0 atom stereocenters. The molecule has 0 radical (unpaired) electrons. The van der Waals surface area contributed by atoms with E-state index in [2.05, 4.69) is 48.6 Å². The van der Waals surface area contributed by atoms with Crippen LogP contribution in [-0.2, 0) is 6.54 Å². The number of rotatable bonds is 6. The lowest BCUT2D eigenvalue weighted by atomic mass is 10.0. The molecule has 0 aliphatic heterocycles. The van der Waals surface area contributed by atoms with Crippen molar-refractivity contribution in [3.05, 3.63) is 42.0 Å². The molecule has 2 aromatic rings. The summed E-state index contributed by atoms with van der Waals surface area (Å²) >= 11 is 0. The molecule has 0 heterocycles. The average Bonchev–Trinajstić information content (AvgIpc) is 3.20. The van der Waals surface area contributed by atoms with E-state index < -0.39 is 0 Å². The maximum Gasteiger partial charge on any atom is 0.0366 e. The Kier molecular flexibility index (Phi) is 3.66. The Labute approximate surface area is 121 Å². The summed E-state index contributed by atoms with van der Waals surface area (Å²) in [4.78, 5) is 0. The van der Waals surface area contributed by atoms with E-state index in [1.165, 1.54) is 42.0 Å². The van der Waals surface area contributed by atoms with Crippen LogP contribution < -0.4 is 11.1 Å². The highest BCUT2D eigenvalue weighted by Gasteiger charge is 2.40. The van der Waals surface area contributed by atoms with Gasteiger partial charge in [-0.25, -0.2) is 0 Å². The zero-order valence-corrected chi connectivity index (χ0v) is 12.3. The standard InChI is InChI=1S/C18H24N2/c1-2-7-18(8-9-18)13-20-12-16-10-14-5-3-4-6-15(14)11-17(16)19/h3-6,10-11,20H,2,7-9,12-13,19H2,1H3. The van der Waals surface area contributed by atoms with Crippen LogP contribution in [0.1, 0.15) is 38.2 Å². The minimum absolute atomic E-state index is 0.598. The van der Waals surface area contributed by atoms with E-state index in [1.807, 2.05) is 0 Å². The van der Waals surface area contributed by atoms with Crippen molar-refractivity contribution < 1.29 is 0 Å². The van der Waals surface area contributed by atoms with Crippen LogP contribution >= 0.6 is 0 Å². The van der Waals surface area contributed by atoms with E-state index in [4.69, 9.17) is 5.73 Å². The molecule has 20 heavy (non-hydrogen) atoms. The second-order valence-corrected chi connectivity index (χ2v) is 6.25. The van der Waals surface area contributed by atoms with Crippen LogP contribution in [0.3, 0.4) is 0 Å². The van der Waals surface area contributed by atoms with Gasteiger partial charge in [0.2, 0.25) is 0 Å². The molecule has 0 unspecified atom stereocenters. The summed E-state index contributed by atoms with van der Waals surface area (Å²) in [7, 11) is 0. The topological polar surface area (TPSA) is 38.0 Å². The number of anilines is 1. The predicted molar refractivity (Wildman–Crippen MR) is 86.6 cm³/mol. The summed E-state index contributed by atoms with van der Waals surface area (Å²) in [5.41, 5.74) is 8.89. The van der Waals surface area contributed by atoms with Crippen LogP contribution in [0.5, 0.6) is 0 Å². The van der Waals surface area contributed by atoms with Crippen LogP contribution in [0.25, 0.3) is 10.8 Å². The lowest BCUT2D eigenvalue weighted by Crippen LogP contribution is -2.24. The number of hydrogen-bond donors (Lipinski definition) is 2. The molecule has 2 nitrogen and oxygen atoms in total. The minimum atomic E-state index is 0.598. The van der Waals surface area contributed by atoms with Crippen molar-refractivity contribution >= 4 is 16.5 Å². The van der Waals surface area contributed by atoms with Crippen molar-refractivity contribution in [3.8, 4) is 0 Å². The molecule has 2 heteroatoms. The van der Waals surface area contributed by atoms with Gasteiger partial charge in [0, 0.05) is 18.8 Å². The van der Waals surface area contributed by atoms with Crippen LogP contribution in [0.2, 0.25) is 0 Å². The first-order valence-electron chi connectivity index (χ1n) is 7.70. The highest BCUT2D eigenvalue weighted by Crippen LogP contribution is 2.48. The molecule has 0 amide bonds. The molecule has 2 aromatic carbocycles. The summed E-state index contributed by atoms with van der Waals surface area (Å²) in [6.07, 6.45) is 5.43. The molecule has 1 aliphatic carbocycles. The number of nitrogens with two attached hydrogens (primary N) is 1. The maximum absolute atomic E-state index is 6.17. The molecule has 1 fully saturated rings. The van der Waals surface area contributed by atoms with Gasteiger partial charge in [-0.2, -0.15) is 0 Å². The number of fused-ring (bicyclic) bond motifs is 1. The van der Waals surface area contributed by atoms with Gasteiger partial charge >= 0.3 is 0 Å². The van der Waals surface area contributed by atoms with E-state index >= 15 is 0 Å². The van der Waals surface area contributed by atoms with Gasteiger partial charge in [0.1, 0.15) is 0 Å². The Morgan fingerprint density at radius 2 is 1.85 bits per heavy atom. The normalized spacial score (nSPS) is 16.4. The molecular formula is C18H24N2. The van der Waals surface area contributed by atoms with Crippen molar-refractivity contribution in [2.24, 2.45) is 5.41 Å². The number of nitrogens with one attached hydrogen (secondary N) is 1. The monoisotopic (exact) mass is 268 g/mol. The lowest BCUT2D eigenvalue weighted by Gasteiger charge is -2.16. The first kappa shape index (κ1) is 13.4. The van der Waals surface area contributed by atoms with E-state index in [-0.39, 0.29) is 0 Å². The van der Waals surface area contributed by atoms with Gasteiger partial charge in [-0.05, 0) is 53.1 Å².